The predicted molar refractivity (Wildman–Crippen MR) is 52.9 cm³/mol. The summed E-state index contributed by atoms with van der Waals surface area (Å²) in [5, 5.41) is 0. The van der Waals surface area contributed by atoms with E-state index in [0.29, 0.717) is 12.3 Å². The Labute approximate surface area is 83.6 Å². The van der Waals surface area contributed by atoms with Crippen LogP contribution in [-0.4, -0.2) is 18.0 Å². The zero-order chi connectivity index (χ0) is 9.60. The zero-order valence-corrected chi connectivity index (χ0v) is 8.16. The van der Waals surface area contributed by atoms with Crippen LogP contribution >= 0.6 is 0 Å². The van der Waals surface area contributed by atoms with Gasteiger partial charge in [-0.05, 0) is 18.9 Å². The van der Waals surface area contributed by atoms with Crippen molar-refractivity contribution in [1.82, 2.24) is 0 Å². The van der Waals surface area contributed by atoms with Gasteiger partial charge in [-0.3, -0.25) is 4.79 Å². The molecule has 3 rings (SSSR count). The van der Waals surface area contributed by atoms with Crippen molar-refractivity contribution in [3.05, 3.63) is 23.8 Å². The van der Waals surface area contributed by atoms with Gasteiger partial charge in [0.25, 0.3) is 0 Å². The van der Waals surface area contributed by atoms with Crippen LogP contribution in [0.25, 0.3) is 0 Å². The Kier molecular flexibility index (Phi) is 1.68. The molecule has 14 heavy (non-hydrogen) atoms. The van der Waals surface area contributed by atoms with E-state index in [1.165, 1.54) is 5.57 Å². The summed E-state index contributed by atoms with van der Waals surface area (Å²) in [4.78, 5) is 11.3. The molecule has 0 N–H and O–H groups in total. The van der Waals surface area contributed by atoms with E-state index in [9.17, 15) is 4.79 Å². The SMILES string of the molecule is O=C1C=C2C[C@]3(C=CCC3)OCC2C1. The van der Waals surface area contributed by atoms with Gasteiger partial charge in [-0.1, -0.05) is 17.7 Å². The van der Waals surface area contributed by atoms with Crippen LogP contribution in [0.2, 0.25) is 0 Å². The maximum absolute atomic E-state index is 11.3. The normalized spacial score (nSPS) is 40.4. The Balaban J connectivity index is 1.86. The van der Waals surface area contributed by atoms with Crippen LogP contribution in [0.15, 0.2) is 23.8 Å². The van der Waals surface area contributed by atoms with Crippen LogP contribution in [0.1, 0.15) is 25.7 Å². The Hall–Kier alpha value is -0.890. The van der Waals surface area contributed by atoms with Gasteiger partial charge in [0.2, 0.25) is 0 Å². The summed E-state index contributed by atoms with van der Waals surface area (Å²) in [5.74, 6) is 0.676. The molecule has 0 aromatic rings. The second-order valence-electron chi connectivity index (χ2n) is 4.58. The van der Waals surface area contributed by atoms with Crippen molar-refractivity contribution in [2.24, 2.45) is 5.92 Å². The third kappa shape index (κ3) is 1.17. The molecule has 2 aliphatic carbocycles. The molecule has 0 aromatic carbocycles. The van der Waals surface area contributed by atoms with E-state index >= 15 is 0 Å². The highest BCUT2D eigenvalue weighted by molar-refractivity contribution is 5.93. The number of hydrogen-bond acceptors (Lipinski definition) is 2. The van der Waals surface area contributed by atoms with Crippen molar-refractivity contribution in [2.45, 2.75) is 31.3 Å². The summed E-state index contributed by atoms with van der Waals surface area (Å²) in [5.41, 5.74) is 1.28. The van der Waals surface area contributed by atoms with Gasteiger partial charge in [0.05, 0.1) is 12.2 Å². The minimum Gasteiger partial charge on any atom is -0.370 e. The van der Waals surface area contributed by atoms with Gasteiger partial charge in [-0.2, -0.15) is 0 Å². The molecule has 0 amide bonds. The van der Waals surface area contributed by atoms with E-state index in [1.54, 1.807) is 0 Å². The number of rotatable bonds is 0. The fraction of sp³-hybridized carbons (Fsp3) is 0.583. The molecule has 0 aromatic heterocycles. The molecule has 0 bridgehead atoms. The minimum atomic E-state index is -0.0487. The van der Waals surface area contributed by atoms with Crippen molar-refractivity contribution in [2.75, 3.05) is 6.61 Å². The number of ether oxygens (including phenoxy) is 1. The predicted octanol–water partition coefficient (Wildman–Crippen LogP) is 2.01. The van der Waals surface area contributed by atoms with E-state index in [1.807, 2.05) is 6.08 Å². The topological polar surface area (TPSA) is 26.3 Å². The molecule has 74 valence electrons. The number of fused-ring (bicyclic) bond motifs is 1. The fourth-order valence-electron chi connectivity index (χ4n) is 2.76. The Morgan fingerprint density at radius 3 is 3.21 bits per heavy atom. The van der Waals surface area contributed by atoms with Crippen LogP contribution in [0.5, 0.6) is 0 Å². The van der Waals surface area contributed by atoms with Crippen LogP contribution in [-0.2, 0) is 9.53 Å². The summed E-state index contributed by atoms with van der Waals surface area (Å²) in [6, 6.07) is 0. The monoisotopic (exact) mass is 190 g/mol. The Morgan fingerprint density at radius 2 is 2.43 bits per heavy atom. The second-order valence-corrected chi connectivity index (χ2v) is 4.58. The lowest BCUT2D eigenvalue weighted by Gasteiger charge is -2.36. The highest BCUT2D eigenvalue weighted by Gasteiger charge is 2.40. The summed E-state index contributed by atoms with van der Waals surface area (Å²) in [6.07, 6.45) is 10.1. The van der Waals surface area contributed by atoms with E-state index in [-0.39, 0.29) is 11.4 Å². The molecule has 2 atom stereocenters. The molecule has 1 aliphatic heterocycles. The average Bonchev–Trinajstić information content (AvgIpc) is 2.72. The van der Waals surface area contributed by atoms with Crippen LogP contribution in [0.3, 0.4) is 0 Å². The molecule has 2 heteroatoms. The second kappa shape index (κ2) is 2.80. The van der Waals surface area contributed by atoms with Crippen molar-refractivity contribution in [3.8, 4) is 0 Å². The molecule has 0 saturated carbocycles. The van der Waals surface area contributed by atoms with Crippen molar-refractivity contribution >= 4 is 5.78 Å². The number of hydrogen-bond donors (Lipinski definition) is 0. The van der Waals surface area contributed by atoms with Crippen LogP contribution in [0, 0.1) is 5.92 Å². The lowest BCUT2D eigenvalue weighted by Crippen LogP contribution is -2.36. The molecule has 1 unspecified atom stereocenters. The number of allylic oxidation sites excluding steroid dienone is 2. The lowest BCUT2D eigenvalue weighted by atomic mass is 9.85. The summed E-state index contributed by atoms with van der Waals surface area (Å²) >= 11 is 0. The Bertz CT molecular complexity index is 340. The fourth-order valence-corrected chi connectivity index (χ4v) is 2.76. The van der Waals surface area contributed by atoms with Gasteiger partial charge in [-0.15, -0.1) is 0 Å². The maximum Gasteiger partial charge on any atom is 0.156 e. The molecule has 1 fully saturated rings. The largest absolute Gasteiger partial charge is 0.370 e. The first-order chi connectivity index (χ1) is 6.77. The maximum atomic E-state index is 11.3. The molecular formula is C12H14O2. The highest BCUT2D eigenvalue weighted by Crippen LogP contribution is 2.42. The van der Waals surface area contributed by atoms with Crippen LogP contribution in [0.4, 0.5) is 0 Å². The smallest absolute Gasteiger partial charge is 0.156 e. The number of carbonyl (C=O) groups excluding carboxylic acids is 1. The quantitative estimate of drug-likeness (QED) is 0.546. The average molecular weight is 190 g/mol. The number of ketones is 1. The first-order valence-electron chi connectivity index (χ1n) is 5.32. The molecule has 1 saturated heterocycles. The van der Waals surface area contributed by atoms with Gasteiger partial charge in [-0.25, -0.2) is 0 Å². The molecule has 1 spiro atoms. The standard InChI is InChI=1S/C12H14O2/c13-11-5-9-7-12(3-1-2-4-12)14-8-10(9)6-11/h1,3,5,10H,2,4,6-8H2/t10?,12-/m1/s1. The highest BCUT2D eigenvalue weighted by atomic mass is 16.5. The lowest BCUT2D eigenvalue weighted by molar-refractivity contribution is -0.115. The van der Waals surface area contributed by atoms with Crippen molar-refractivity contribution in [3.63, 3.8) is 0 Å². The molecule has 0 radical (unpaired) electrons. The molecule has 3 aliphatic rings. The van der Waals surface area contributed by atoms with Crippen molar-refractivity contribution in [1.29, 1.82) is 0 Å². The molecule has 2 nitrogen and oxygen atoms in total. The van der Waals surface area contributed by atoms with E-state index < -0.39 is 0 Å². The first-order valence-corrected chi connectivity index (χ1v) is 5.32. The minimum absolute atomic E-state index is 0.0487. The van der Waals surface area contributed by atoms with Crippen LogP contribution < -0.4 is 0 Å². The third-order valence-corrected chi connectivity index (χ3v) is 3.55. The zero-order valence-electron chi connectivity index (χ0n) is 8.16. The van der Waals surface area contributed by atoms with Gasteiger partial charge in [0.1, 0.15) is 0 Å². The molecular weight excluding hydrogens is 176 g/mol. The van der Waals surface area contributed by atoms with Gasteiger partial charge >= 0.3 is 0 Å². The summed E-state index contributed by atoms with van der Waals surface area (Å²) in [6.45, 7) is 0.738. The van der Waals surface area contributed by atoms with E-state index in [4.69, 9.17) is 4.74 Å². The summed E-state index contributed by atoms with van der Waals surface area (Å²) in [7, 11) is 0. The van der Waals surface area contributed by atoms with Gasteiger partial charge < -0.3 is 4.74 Å². The third-order valence-electron chi connectivity index (χ3n) is 3.55. The molecule has 1 heterocycles. The van der Waals surface area contributed by atoms with Crippen molar-refractivity contribution < 1.29 is 9.53 Å². The number of carbonyl (C=O) groups is 1. The Morgan fingerprint density at radius 1 is 1.50 bits per heavy atom. The first kappa shape index (κ1) is 8.42. The van der Waals surface area contributed by atoms with E-state index in [0.717, 1.165) is 25.9 Å². The van der Waals surface area contributed by atoms with E-state index in [2.05, 4.69) is 12.2 Å². The summed E-state index contributed by atoms with van der Waals surface area (Å²) < 4.78 is 5.91. The van der Waals surface area contributed by atoms with Gasteiger partial charge in [0, 0.05) is 18.8 Å². The van der Waals surface area contributed by atoms with Gasteiger partial charge in [0.15, 0.2) is 5.78 Å².